The van der Waals surface area contributed by atoms with E-state index in [0.717, 1.165) is 41.5 Å². The average molecular weight is 499 g/mol. The number of hydrogen-bond donors (Lipinski definition) is 1. The Hall–Kier alpha value is -2.85. The minimum atomic E-state index is -0.541. The Morgan fingerprint density at radius 1 is 1.21 bits per heavy atom. The second-order valence-corrected chi connectivity index (χ2v) is 10.6. The lowest BCUT2D eigenvalue weighted by molar-refractivity contribution is -0.136. The third-order valence-corrected chi connectivity index (χ3v) is 8.58. The number of benzene rings is 1. The maximum atomic E-state index is 13.1. The molecule has 1 N–H and O–H groups in total. The molecule has 1 fully saturated rings. The Morgan fingerprint density at radius 2 is 2.00 bits per heavy atom. The van der Waals surface area contributed by atoms with E-state index in [-0.39, 0.29) is 30.3 Å². The quantitative estimate of drug-likeness (QED) is 0.561. The number of nitrogens with zero attached hydrogens (tertiary/aromatic N) is 3. The van der Waals surface area contributed by atoms with Crippen LogP contribution >= 0.6 is 23.1 Å². The van der Waals surface area contributed by atoms with Crippen molar-refractivity contribution in [3.05, 3.63) is 51.4 Å². The van der Waals surface area contributed by atoms with E-state index in [1.165, 1.54) is 9.44 Å². The topological polar surface area (TPSA) is 93.5 Å². The van der Waals surface area contributed by atoms with Crippen molar-refractivity contribution in [1.29, 1.82) is 0 Å². The van der Waals surface area contributed by atoms with Crippen molar-refractivity contribution in [3.63, 3.8) is 0 Å². The number of amides is 2. The molecule has 5 rings (SSSR count). The lowest BCUT2D eigenvalue weighted by atomic mass is 9.97. The normalized spacial score (nSPS) is 17.6. The van der Waals surface area contributed by atoms with Crippen LogP contribution in [0, 0.1) is 0 Å². The standard InChI is InChI=1S/C24H26N4O4S2/c1-32-16-8-6-15(7-9-16)26-22(30)18-12-33-14-28(18)20(29)10-11-27-13-25-23-21(24(27)31)17-4-2-3-5-19(17)34-23/h6-9,13,18H,2-5,10-12,14H2,1H3,(H,26,30). The highest BCUT2D eigenvalue weighted by Crippen LogP contribution is 2.33. The minimum Gasteiger partial charge on any atom is -0.497 e. The van der Waals surface area contributed by atoms with Crippen molar-refractivity contribution in [3.8, 4) is 5.75 Å². The Balaban J connectivity index is 1.25. The predicted molar refractivity (Wildman–Crippen MR) is 135 cm³/mol. The minimum absolute atomic E-state index is 0.0678. The Bertz CT molecular complexity index is 1280. The van der Waals surface area contributed by atoms with Crippen LogP contribution in [0.25, 0.3) is 10.2 Å². The molecule has 1 unspecified atom stereocenters. The van der Waals surface area contributed by atoms with Gasteiger partial charge in [0.25, 0.3) is 5.56 Å². The van der Waals surface area contributed by atoms with Gasteiger partial charge in [-0.25, -0.2) is 4.98 Å². The van der Waals surface area contributed by atoms with Gasteiger partial charge in [0.2, 0.25) is 11.8 Å². The van der Waals surface area contributed by atoms with Crippen LogP contribution in [0.3, 0.4) is 0 Å². The Morgan fingerprint density at radius 3 is 2.79 bits per heavy atom. The first-order valence-corrected chi connectivity index (χ1v) is 13.3. The zero-order valence-corrected chi connectivity index (χ0v) is 20.5. The molecule has 3 aromatic rings. The van der Waals surface area contributed by atoms with Gasteiger partial charge in [-0.1, -0.05) is 0 Å². The van der Waals surface area contributed by atoms with Crippen LogP contribution in [-0.4, -0.2) is 51.0 Å². The van der Waals surface area contributed by atoms with Gasteiger partial charge in [0.05, 0.1) is 24.7 Å². The third kappa shape index (κ3) is 4.44. The van der Waals surface area contributed by atoms with Gasteiger partial charge in [-0.05, 0) is 55.5 Å². The predicted octanol–water partition coefficient (Wildman–Crippen LogP) is 3.28. The number of aromatic nitrogens is 2. The summed E-state index contributed by atoms with van der Waals surface area (Å²) in [5.74, 6) is 1.36. The van der Waals surface area contributed by atoms with Gasteiger partial charge in [0, 0.05) is 29.3 Å². The van der Waals surface area contributed by atoms with Gasteiger partial charge >= 0.3 is 0 Å². The van der Waals surface area contributed by atoms with Crippen LogP contribution in [-0.2, 0) is 29.0 Å². The van der Waals surface area contributed by atoms with Gasteiger partial charge in [-0.3, -0.25) is 19.0 Å². The fraction of sp³-hybridized carbons (Fsp3) is 0.417. The summed E-state index contributed by atoms with van der Waals surface area (Å²) < 4.78 is 6.68. The van der Waals surface area contributed by atoms with Gasteiger partial charge in [-0.15, -0.1) is 23.1 Å². The molecule has 178 valence electrons. The van der Waals surface area contributed by atoms with Crippen LogP contribution in [0.4, 0.5) is 5.69 Å². The number of carbonyl (C=O) groups excluding carboxylic acids is 2. The maximum Gasteiger partial charge on any atom is 0.262 e. The van der Waals surface area contributed by atoms with Gasteiger partial charge in [-0.2, -0.15) is 0 Å². The molecule has 3 heterocycles. The maximum absolute atomic E-state index is 13.1. The largest absolute Gasteiger partial charge is 0.497 e. The van der Waals surface area contributed by atoms with Crippen molar-refractivity contribution in [2.45, 2.75) is 44.7 Å². The number of fused-ring (bicyclic) bond motifs is 3. The van der Waals surface area contributed by atoms with E-state index in [1.54, 1.807) is 65.7 Å². The fourth-order valence-corrected chi connectivity index (χ4v) is 6.91. The first-order valence-electron chi connectivity index (χ1n) is 11.4. The summed E-state index contributed by atoms with van der Waals surface area (Å²) in [5, 5.41) is 3.61. The van der Waals surface area contributed by atoms with Crippen LogP contribution in [0.5, 0.6) is 5.75 Å². The summed E-state index contributed by atoms with van der Waals surface area (Å²) in [6, 6.07) is 6.54. The summed E-state index contributed by atoms with van der Waals surface area (Å²) in [5.41, 5.74) is 1.73. The molecule has 2 amide bonds. The second kappa shape index (κ2) is 9.79. The highest BCUT2D eigenvalue weighted by atomic mass is 32.2. The van der Waals surface area contributed by atoms with Crippen molar-refractivity contribution >= 4 is 50.8 Å². The monoisotopic (exact) mass is 498 g/mol. The Labute approximate surface area is 205 Å². The lowest BCUT2D eigenvalue weighted by Crippen LogP contribution is -2.44. The van der Waals surface area contributed by atoms with Gasteiger partial charge < -0.3 is 15.0 Å². The van der Waals surface area contributed by atoms with Gasteiger partial charge in [0.15, 0.2) is 0 Å². The number of rotatable bonds is 6. The molecule has 1 aromatic carbocycles. The van der Waals surface area contributed by atoms with Crippen molar-refractivity contribution < 1.29 is 14.3 Å². The molecule has 2 aromatic heterocycles. The molecule has 10 heteroatoms. The van der Waals surface area contributed by atoms with Crippen molar-refractivity contribution in [2.24, 2.45) is 0 Å². The smallest absolute Gasteiger partial charge is 0.262 e. The molecule has 1 aliphatic heterocycles. The molecule has 8 nitrogen and oxygen atoms in total. The van der Waals surface area contributed by atoms with E-state index in [0.29, 0.717) is 23.1 Å². The molecule has 1 aliphatic carbocycles. The first kappa shape index (κ1) is 22.9. The van der Waals surface area contributed by atoms with Gasteiger partial charge in [0.1, 0.15) is 16.6 Å². The average Bonchev–Trinajstić information content (AvgIpc) is 3.49. The second-order valence-electron chi connectivity index (χ2n) is 8.48. The molecular weight excluding hydrogens is 472 g/mol. The molecule has 34 heavy (non-hydrogen) atoms. The fourth-order valence-electron chi connectivity index (χ4n) is 4.51. The molecular formula is C24H26N4O4S2. The summed E-state index contributed by atoms with van der Waals surface area (Å²) in [6.07, 6.45) is 5.88. The van der Waals surface area contributed by atoms with E-state index in [4.69, 9.17) is 4.74 Å². The zero-order valence-electron chi connectivity index (χ0n) is 18.9. The molecule has 1 atom stereocenters. The van der Waals surface area contributed by atoms with Crippen molar-refractivity contribution in [2.75, 3.05) is 24.1 Å². The third-order valence-electron chi connectivity index (χ3n) is 6.37. The van der Waals surface area contributed by atoms with Crippen molar-refractivity contribution in [1.82, 2.24) is 14.5 Å². The number of anilines is 1. The molecule has 2 aliphatic rings. The number of ether oxygens (including phenoxy) is 1. The highest BCUT2D eigenvalue weighted by molar-refractivity contribution is 7.99. The summed E-state index contributed by atoms with van der Waals surface area (Å²) in [6.45, 7) is 0.249. The van der Waals surface area contributed by atoms with Crippen LogP contribution in [0.15, 0.2) is 35.4 Å². The number of carbonyl (C=O) groups is 2. The zero-order chi connectivity index (χ0) is 23.7. The van der Waals surface area contributed by atoms with E-state index < -0.39 is 6.04 Å². The number of thiophene rings is 1. The van der Waals surface area contributed by atoms with Crippen LogP contribution in [0.1, 0.15) is 29.7 Å². The number of methoxy groups -OCH3 is 1. The summed E-state index contributed by atoms with van der Waals surface area (Å²) in [4.78, 5) is 47.2. The molecule has 0 spiro atoms. The number of aryl methyl sites for hydroxylation is 3. The highest BCUT2D eigenvalue weighted by Gasteiger charge is 2.34. The lowest BCUT2D eigenvalue weighted by Gasteiger charge is -2.23. The van der Waals surface area contributed by atoms with E-state index in [1.807, 2.05) is 0 Å². The number of nitrogens with one attached hydrogen (secondary N) is 1. The number of thioether (sulfide) groups is 1. The van der Waals surface area contributed by atoms with E-state index in [2.05, 4.69) is 10.3 Å². The van der Waals surface area contributed by atoms with E-state index >= 15 is 0 Å². The molecule has 0 saturated carbocycles. The number of hydrogen-bond acceptors (Lipinski definition) is 7. The van der Waals surface area contributed by atoms with E-state index in [9.17, 15) is 14.4 Å². The summed E-state index contributed by atoms with van der Waals surface area (Å²) in [7, 11) is 1.59. The first-order chi connectivity index (χ1) is 16.5. The summed E-state index contributed by atoms with van der Waals surface area (Å²) >= 11 is 3.17. The molecule has 0 radical (unpaired) electrons. The molecule has 0 bridgehead atoms. The Kier molecular flexibility index (Phi) is 6.60. The SMILES string of the molecule is COc1ccc(NC(=O)C2CSCN2C(=O)CCn2cnc3sc4c(c3c2=O)CCCC4)cc1. The van der Waals surface area contributed by atoms with Crippen LogP contribution in [0.2, 0.25) is 0 Å². The molecule has 1 saturated heterocycles. The van der Waals surface area contributed by atoms with Crippen LogP contribution < -0.4 is 15.6 Å².